The Morgan fingerprint density at radius 1 is 1.15 bits per heavy atom. The largest absolute Gasteiger partial charge is 0.437 e. The number of nitrogens with zero attached hydrogens (tertiary/aromatic N) is 3. The summed E-state index contributed by atoms with van der Waals surface area (Å²) in [6.07, 6.45) is 4.71. The molecule has 2 amide bonds. The molecule has 1 atom stereocenters. The molecule has 0 unspecified atom stereocenters. The van der Waals surface area contributed by atoms with E-state index in [0.29, 0.717) is 23.2 Å². The first-order valence-corrected chi connectivity index (χ1v) is 8.45. The maximum Gasteiger partial charge on any atom is 0.322 e. The molecule has 1 aliphatic heterocycles. The molecule has 0 spiro atoms. The Hall–Kier alpha value is -3.12. The molecular formula is C19H15ClN4O2. The molecule has 3 aromatic rings. The molecule has 1 fully saturated rings. The van der Waals surface area contributed by atoms with E-state index < -0.39 is 0 Å². The molecule has 2 aromatic carbocycles. The number of carbonyl (C=O) groups excluding carboxylic acids is 1. The fourth-order valence-corrected chi connectivity index (χ4v) is 3.04. The molecule has 6 nitrogen and oxygen atoms in total. The van der Waals surface area contributed by atoms with Crippen LogP contribution in [-0.4, -0.2) is 22.5 Å². The Balaban J connectivity index is 1.62. The number of hydrogen-bond acceptors (Lipinski definition) is 4. The van der Waals surface area contributed by atoms with Gasteiger partial charge in [0.2, 0.25) is 5.88 Å². The molecule has 1 N–H and O–H groups in total. The smallest absolute Gasteiger partial charge is 0.322 e. The van der Waals surface area contributed by atoms with Crippen molar-refractivity contribution in [1.82, 2.24) is 15.3 Å². The van der Waals surface area contributed by atoms with Gasteiger partial charge in [-0.3, -0.25) is 9.88 Å². The minimum atomic E-state index is -0.144. The Bertz CT molecular complexity index is 918. The molecule has 4 rings (SSSR count). The Labute approximate surface area is 155 Å². The number of hydrogen-bond donors (Lipinski definition) is 1. The van der Waals surface area contributed by atoms with E-state index in [1.807, 2.05) is 36.4 Å². The van der Waals surface area contributed by atoms with Crippen LogP contribution in [-0.2, 0) is 0 Å². The van der Waals surface area contributed by atoms with Gasteiger partial charge in [0.25, 0.3) is 0 Å². The number of ether oxygens (including phenoxy) is 1. The first kappa shape index (κ1) is 16.4. The van der Waals surface area contributed by atoms with Crippen LogP contribution in [0.2, 0.25) is 5.02 Å². The number of carbonyl (C=O) groups is 1. The molecule has 0 saturated carbocycles. The second-order valence-electron chi connectivity index (χ2n) is 5.77. The highest BCUT2D eigenvalue weighted by atomic mass is 35.5. The highest BCUT2D eigenvalue weighted by Crippen LogP contribution is 2.33. The van der Waals surface area contributed by atoms with Gasteiger partial charge in [0.05, 0.1) is 12.2 Å². The number of halogens is 1. The van der Waals surface area contributed by atoms with Crippen molar-refractivity contribution < 1.29 is 9.53 Å². The van der Waals surface area contributed by atoms with Crippen molar-refractivity contribution >= 4 is 23.3 Å². The molecule has 0 aliphatic carbocycles. The van der Waals surface area contributed by atoms with E-state index in [4.69, 9.17) is 16.3 Å². The van der Waals surface area contributed by atoms with Crippen LogP contribution in [0.5, 0.6) is 11.6 Å². The van der Waals surface area contributed by atoms with Gasteiger partial charge in [-0.15, -0.1) is 0 Å². The molecular weight excluding hydrogens is 352 g/mol. The summed E-state index contributed by atoms with van der Waals surface area (Å²) in [7, 11) is 0. The molecule has 1 aromatic heterocycles. The highest BCUT2D eigenvalue weighted by molar-refractivity contribution is 6.30. The number of benzene rings is 2. The molecule has 1 saturated heterocycles. The van der Waals surface area contributed by atoms with Gasteiger partial charge in [-0.2, -0.15) is 0 Å². The standard InChI is InChI=1S/C19H15ClN4O2/c20-14-4-6-15(7-5-14)24-17(11-23-19(24)25)13-2-1-3-16(10-13)26-18-12-21-8-9-22-18/h1-10,12,17H,11H2,(H,23,25)/t17-/m1/s1. The number of urea groups is 1. The molecule has 0 radical (unpaired) electrons. The Morgan fingerprint density at radius 3 is 2.77 bits per heavy atom. The van der Waals surface area contributed by atoms with Gasteiger partial charge in [0, 0.05) is 29.6 Å². The lowest BCUT2D eigenvalue weighted by atomic mass is 10.1. The monoisotopic (exact) mass is 366 g/mol. The normalized spacial score (nSPS) is 16.4. The van der Waals surface area contributed by atoms with Gasteiger partial charge in [0.15, 0.2) is 0 Å². The number of anilines is 1. The molecule has 26 heavy (non-hydrogen) atoms. The van der Waals surface area contributed by atoms with Crippen LogP contribution in [0, 0.1) is 0 Å². The van der Waals surface area contributed by atoms with E-state index in [1.165, 1.54) is 0 Å². The summed E-state index contributed by atoms with van der Waals surface area (Å²) in [4.78, 5) is 22.2. The number of amides is 2. The number of nitrogens with one attached hydrogen (secondary N) is 1. The third-order valence-corrected chi connectivity index (χ3v) is 4.34. The maximum absolute atomic E-state index is 12.4. The summed E-state index contributed by atoms with van der Waals surface area (Å²) in [6.45, 7) is 0.510. The van der Waals surface area contributed by atoms with E-state index in [0.717, 1.165) is 11.3 Å². The van der Waals surface area contributed by atoms with E-state index in [9.17, 15) is 4.79 Å². The first-order chi connectivity index (χ1) is 12.7. The van der Waals surface area contributed by atoms with Gasteiger partial charge in [-0.1, -0.05) is 23.7 Å². The fraction of sp³-hybridized carbons (Fsp3) is 0.105. The molecule has 130 valence electrons. The summed E-state index contributed by atoms with van der Waals surface area (Å²) < 4.78 is 5.75. The first-order valence-electron chi connectivity index (χ1n) is 8.07. The summed E-state index contributed by atoms with van der Waals surface area (Å²) in [5.41, 5.74) is 1.74. The molecule has 2 heterocycles. The Kier molecular flexibility index (Phi) is 4.41. The Morgan fingerprint density at radius 2 is 2.00 bits per heavy atom. The highest BCUT2D eigenvalue weighted by Gasteiger charge is 2.33. The van der Waals surface area contributed by atoms with Crippen molar-refractivity contribution in [3.05, 3.63) is 77.7 Å². The average Bonchev–Trinajstić information content (AvgIpc) is 3.05. The number of aromatic nitrogens is 2. The number of rotatable bonds is 4. The predicted octanol–water partition coefficient (Wildman–Crippen LogP) is 4.19. The summed E-state index contributed by atoms with van der Waals surface area (Å²) in [5, 5.41) is 3.52. The predicted molar refractivity (Wildman–Crippen MR) is 98.6 cm³/mol. The van der Waals surface area contributed by atoms with Crippen LogP contribution in [0.3, 0.4) is 0 Å². The lowest BCUT2D eigenvalue weighted by Crippen LogP contribution is -2.29. The van der Waals surface area contributed by atoms with Crippen molar-refractivity contribution in [2.45, 2.75) is 6.04 Å². The SMILES string of the molecule is O=C1NC[C@H](c2cccc(Oc3cnccn3)c2)N1c1ccc(Cl)cc1. The topological polar surface area (TPSA) is 67.3 Å². The minimum absolute atomic E-state index is 0.141. The fourth-order valence-electron chi connectivity index (χ4n) is 2.91. The van der Waals surface area contributed by atoms with E-state index in [1.54, 1.807) is 35.6 Å². The lowest BCUT2D eigenvalue weighted by Gasteiger charge is -2.24. The van der Waals surface area contributed by atoms with Crippen molar-refractivity contribution in [1.29, 1.82) is 0 Å². The molecule has 1 aliphatic rings. The summed E-state index contributed by atoms with van der Waals surface area (Å²) >= 11 is 5.96. The zero-order chi connectivity index (χ0) is 17.9. The second-order valence-corrected chi connectivity index (χ2v) is 6.20. The molecule has 7 heteroatoms. The van der Waals surface area contributed by atoms with Crippen LogP contribution in [0.15, 0.2) is 67.1 Å². The van der Waals surface area contributed by atoms with Gasteiger partial charge in [-0.25, -0.2) is 9.78 Å². The van der Waals surface area contributed by atoms with Crippen molar-refractivity contribution in [3.8, 4) is 11.6 Å². The lowest BCUT2D eigenvalue weighted by molar-refractivity contribution is 0.251. The van der Waals surface area contributed by atoms with Crippen LogP contribution in [0.4, 0.5) is 10.5 Å². The van der Waals surface area contributed by atoms with Gasteiger partial charge in [-0.05, 0) is 42.0 Å². The second kappa shape index (κ2) is 7.01. The van der Waals surface area contributed by atoms with Crippen LogP contribution in [0.25, 0.3) is 0 Å². The third-order valence-electron chi connectivity index (χ3n) is 4.09. The average molecular weight is 367 g/mol. The third kappa shape index (κ3) is 3.32. The van der Waals surface area contributed by atoms with Gasteiger partial charge >= 0.3 is 6.03 Å². The van der Waals surface area contributed by atoms with E-state index in [2.05, 4.69) is 15.3 Å². The van der Waals surface area contributed by atoms with Crippen molar-refractivity contribution in [2.24, 2.45) is 0 Å². The minimum Gasteiger partial charge on any atom is -0.437 e. The van der Waals surface area contributed by atoms with Crippen LogP contribution < -0.4 is 15.0 Å². The zero-order valence-electron chi connectivity index (χ0n) is 13.7. The van der Waals surface area contributed by atoms with E-state index >= 15 is 0 Å². The quantitative estimate of drug-likeness (QED) is 0.751. The van der Waals surface area contributed by atoms with Crippen molar-refractivity contribution in [3.63, 3.8) is 0 Å². The van der Waals surface area contributed by atoms with Crippen LogP contribution >= 0.6 is 11.6 Å². The van der Waals surface area contributed by atoms with Crippen LogP contribution in [0.1, 0.15) is 11.6 Å². The molecule has 0 bridgehead atoms. The van der Waals surface area contributed by atoms with Crippen molar-refractivity contribution in [2.75, 3.05) is 11.4 Å². The maximum atomic E-state index is 12.4. The summed E-state index contributed by atoms with van der Waals surface area (Å²) in [6, 6.07) is 14.5. The van der Waals surface area contributed by atoms with E-state index in [-0.39, 0.29) is 12.1 Å². The van der Waals surface area contributed by atoms with Gasteiger partial charge < -0.3 is 10.1 Å². The zero-order valence-corrected chi connectivity index (χ0v) is 14.4. The van der Waals surface area contributed by atoms with Gasteiger partial charge in [0.1, 0.15) is 5.75 Å². The summed E-state index contributed by atoms with van der Waals surface area (Å²) in [5.74, 6) is 1.05.